The molecule has 0 aliphatic rings. The molecule has 3 N–H and O–H groups in total. The van der Waals surface area contributed by atoms with Gasteiger partial charge in [-0.25, -0.2) is 9.36 Å². The lowest BCUT2D eigenvalue weighted by Gasteiger charge is -2.31. The van der Waals surface area contributed by atoms with E-state index in [2.05, 4.69) is 9.72 Å². The van der Waals surface area contributed by atoms with Crippen molar-refractivity contribution in [1.29, 1.82) is 0 Å². The largest absolute Gasteiger partial charge is 0.394 e. The minimum Gasteiger partial charge on any atom is -0.394 e. The molecule has 2 unspecified atom stereocenters. The Bertz CT molecular complexity index is 476. The molecule has 1 heterocycles. The molecular formula is C10H15F2N3O4. The molecule has 0 aromatic carbocycles. The fraction of sp³-hybridized carbons (Fsp3) is 0.600. The monoisotopic (exact) mass is 279 g/mol. The minimum absolute atomic E-state index is 0.0825. The van der Waals surface area contributed by atoms with E-state index < -0.39 is 30.6 Å². The standard InChI is InChI=1S/C10H15F2N3O4/c1-18-6(5-16)8(19-2)10(11,12)15-4-3-7(13)14-9(15)17/h3-4,6,8,16H,5H2,1-2H3,(H2,13,14,17). The lowest BCUT2D eigenvalue weighted by atomic mass is 10.1. The molecule has 0 aliphatic carbocycles. The number of aliphatic hydroxyl groups is 1. The van der Waals surface area contributed by atoms with Gasteiger partial charge < -0.3 is 20.3 Å². The Labute approximate surface area is 107 Å². The van der Waals surface area contributed by atoms with Crippen LogP contribution in [0.4, 0.5) is 14.6 Å². The highest BCUT2D eigenvalue weighted by atomic mass is 19.3. The van der Waals surface area contributed by atoms with Crippen molar-refractivity contribution in [3.63, 3.8) is 0 Å². The molecule has 0 aliphatic heterocycles. The van der Waals surface area contributed by atoms with Gasteiger partial charge in [0.25, 0.3) is 0 Å². The van der Waals surface area contributed by atoms with Gasteiger partial charge in [-0.1, -0.05) is 0 Å². The van der Waals surface area contributed by atoms with Crippen LogP contribution in [0, 0.1) is 0 Å². The van der Waals surface area contributed by atoms with Crippen molar-refractivity contribution < 1.29 is 23.4 Å². The first-order valence-corrected chi connectivity index (χ1v) is 5.28. The SMILES string of the molecule is COC(CO)C(OC)C(F)(F)n1ccc(N)nc1=O. The topological polar surface area (TPSA) is 99.6 Å². The van der Waals surface area contributed by atoms with Crippen LogP contribution in [0.1, 0.15) is 0 Å². The van der Waals surface area contributed by atoms with Crippen LogP contribution in [-0.2, 0) is 15.5 Å². The van der Waals surface area contributed by atoms with Gasteiger partial charge in [-0.15, -0.1) is 0 Å². The predicted octanol–water partition coefficient (Wildman–Crippen LogP) is -0.603. The summed E-state index contributed by atoms with van der Waals surface area (Å²) in [5.74, 6) is -0.170. The summed E-state index contributed by atoms with van der Waals surface area (Å²) in [5.41, 5.74) is 4.00. The van der Waals surface area contributed by atoms with Crippen LogP contribution in [0.5, 0.6) is 0 Å². The van der Waals surface area contributed by atoms with Gasteiger partial charge in [0.2, 0.25) is 0 Å². The van der Waals surface area contributed by atoms with Gasteiger partial charge in [0.05, 0.1) is 6.61 Å². The fourth-order valence-corrected chi connectivity index (χ4v) is 1.59. The number of nitrogens with two attached hydrogens (primary N) is 1. The average Bonchev–Trinajstić information content (AvgIpc) is 2.34. The molecule has 1 aromatic rings. The van der Waals surface area contributed by atoms with Crippen molar-refractivity contribution in [2.24, 2.45) is 0 Å². The summed E-state index contributed by atoms with van der Waals surface area (Å²) in [6.45, 7) is -0.693. The molecule has 7 nitrogen and oxygen atoms in total. The molecule has 108 valence electrons. The molecule has 0 bridgehead atoms. The van der Waals surface area contributed by atoms with E-state index >= 15 is 0 Å². The Morgan fingerprint density at radius 3 is 2.58 bits per heavy atom. The van der Waals surface area contributed by atoms with Crippen LogP contribution < -0.4 is 11.4 Å². The van der Waals surface area contributed by atoms with E-state index in [9.17, 15) is 13.6 Å². The van der Waals surface area contributed by atoms with Gasteiger partial charge in [-0.2, -0.15) is 13.8 Å². The zero-order valence-corrected chi connectivity index (χ0v) is 10.4. The molecule has 0 radical (unpaired) electrons. The second kappa shape index (κ2) is 6.04. The molecule has 0 spiro atoms. The number of nitrogen functional groups attached to an aromatic ring is 1. The number of aromatic nitrogens is 2. The Balaban J connectivity index is 3.23. The van der Waals surface area contributed by atoms with Crippen molar-refractivity contribution in [1.82, 2.24) is 9.55 Å². The van der Waals surface area contributed by atoms with Crippen LogP contribution >= 0.6 is 0 Å². The number of hydrogen-bond acceptors (Lipinski definition) is 6. The smallest absolute Gasteiger partial charge is 0.361 e. The number of nitrogens with zero attached hydrogens (tertiary/aromatic N) is 2. The summed E-state index contributed by atoms with van der Waals surface area (Å²) >= 11 is 0. The molecule has 0 amide bonds. The molecule has 9 heteroatoms. The van der Waals surface area contributed by atoms with Gasteiger partial charge in [0.15, 0.2) is 6.10 Å². The molecule has 1 rings (SSSR count). The second-order valence-electron chi connectivity index (χ2n) is 3.71. The maximum Gasteiger partial charge on any atom is 0.361 e. The molecule has 2 atom stereocenters. The summed E-state index contributed by atoms with van der Waals surface area (Å²) in [5, 5.41) is 8.99. The van der Waals surface area contributed by atoms with Crippen molar-refractivity contribution in [2.75, 3.05) is 26.6 Å². The number of hydrogen-bond donors (Lipinski definition) is 2. The number of anilines is 1. The van der Waals surface area contributed by atoms with Crippen LogP contribution in [-0.4, -0.2) is 47.7 Å². The van der Waals surface area contributed by atoms with E-state index in [0.717, 1.165) is 26.5 Å². The van der Waals surface area contributed by atoms with E-state index in [1.165, 1.54) is 0 Å². The Hall–Kier alpha value is -1.58. The van der Waals surface area contributed by atoms with E-state index in [1.54, 1.807) is 0 Å². The number of methoxy groups -OCH3 is 2. The maximum atomic E-state index is 14.2. The van der Waals surface area contributed by atoms with Gasteiger partial charge in [0, 0.05) is 20.4 Å². The number of aliphatic hydroxyl groups excluding tert-OH is 1. The van der Waals surface area contributed by atoms with Gasteiger partial charge in [-0.3, -0.25) is 0 Å². The molecule has 0 saturated heterocycles. The Kier molecular flexibility index (Phi) is 4.92. The van der Waals surface area contributed by atoms with Gasteiger partial charge in [0.1, 0.15) is 11.9 Å². The van der Waals surface area contributed by atoms with Gasteiger partial charge >= 0.3 is 11.7 Å². The van der Waals surface area contributed by atoms with Crippen molar-refractivity contribution >= 4 is 5.82 Å². The molecule has 0 fully saturated rings. The number of halogens is 2. The zero-order valence-electron chi connectivity index (χ0n) is 10.4. The summed E-state index contributed by atoms with van der Waals surface area (Å²) in [6, 6.07) is -2.70. The first-order valence-electron chi connectivity index (χ1n) is 5.28. The third-order valence-electron chi connectivity index (χ3n) is 2.56. The van der Waals surface area contributed by atoms with Crippen LogP contribution in [0.15, 0.2) is 17.1 Å². The molecule has 1 aromatic heterocycles. The van der Waals surface area contributed by atoms with Crippen molar-refractivity contribution in [2.45, 2.75) is 18.3 Å². The second-order valence-corrected chi connectivity index (χ2v) is 3.71. The highest BCUT2D eigenvalue weighted by Gasteiger charge is 2.47. The Morgan fingerprint density at radius 2 is 2.16 bits per heavy atom. The predicted molar refractivity (Wildman–Crippen MR) is 61.8 cm³/mol. The number of alkyl halides is 2. The first-order chi connectivity index (χ1) is 8.88. The van der Waals surface area contributed by atoms with Crippen LogP contribution in [0.3, 0.4) is 0 Å². The Morgan fingerprint density at radius 1 is 1.53 bits per heavy atom. The first kappa shape index (κ1) is 15.5. The third kappa shape index (κ3) is 3.06. The zero-order chi connectivity index (χ0) is 14.6. The van der Waals surface area contributed by atoms with Crippen molar-refractivity contribution in [3.8, 4) is 0 Å². The summed E-state index contributed by atoms with van der Waals surface area (Å²) in [7, 11) is 2.17. The van der Waals surface area contributed by atoms with E-state index in [0.29, 0.717) is 0 Å². The van der Waals surface area contributed by atoms with E-state index in [-0.39, 0.29) is 10.4 Å². The highest BCUT2D eigenvalue weighted by Crippen LogP contribution is 2.28. The number of ether oxygens (including phenoxy) is 2. The average molecular weight is 279 g/mol. The van der Waals surface area contributed by atoms with Crippen LogP contribution in [0.2, 0.25) is 0 Å². The van der Waals surface area contributed by atoms with E-state index in [4.69, 9.17) is 15.6 Å². The normalized spacial score (nSPS) is 15.2. The van der Waals surface area contributed by atoms with E-state index in [1.807, 2.05) is 0 Å². The quantitative estimate of drug-likeness (QED) is 0.721. The van der Waals surface area contributed by atoms with Crippen LogP contribution in [0.25, 0.3) is 0 Å². The summed E-state index contributed by atoms with van der Waals surface area (Å²) in [4.78, 5) is 14.7. The van der Waals surface area contributed by atoms with Gasteiger partial charge in [-0.05, 0) is 6.07 Å². The molecule has 0 saturated carbocycles. The molecule has 19 heavy (non-hydrogen) atoms. The maximum absolute atomic E-state index is 14.2. The third-order valence-corrected chi connectivity index (χ3v) is 2.56. The lowest BCUT2D eigenvalue weighted by Crippen LogP contribution is -2.51. The van der Waals surface area contributed by atoms with Crippen molar-refractivity contribution in [3.05, 3.63) is 22.7 Å². The number of rotatable bonds is 6. The molecular weight excluding hydrogens is 264 g/mol. The lowest BCUT2D eigenvalue weighted by molar-refractivity contribution is -0.226. The highest BCUT2D eigenvalue weighted by molar-refractivity contribution is 5.23. The summed E-state index contributed by atoms with van der Waals surface area (Å²) < 4.78 is 37.8. The summed E-state index contributed by atoms with van der Waals surface area (Å²) in [6.07, 6.45) is -2.35. The fourth-order valence-electron chi connectivity index (χ4n) is 1.59. The minimum atomic E-state index is -3.75.